The van der Waals surface area contributed by atoms with Crippen LogP contribution in [0.1, 0.15) is 33.3 Å². The average Bonchev–Trinajstić information content (AvgIpc) is 2.39. The van der Waals surface area contributed by atoms with Gasteiger partial charge in [0.1, 0.15) is 6.33 Å². The highest BCUT2D eigenvalue weighted by atomic mass is 16.1. The first-order chi connectivity index (χ1) is 9.08. The van der Waals surface area contributed by atoms with Crippen molar-refractivity contribution in [2.75, 3.05) is 5.32 Å². The van der Waals surface area contributed by atoms with Crippen molar-refractivity contribution in [3.8, 4) is 0 Å². The number of carbonyl (C=O) groups excluding carboxylic acids is 2. The van der Waals surface area contributed by atoms with Gasteiger partial charge in [-0.1, -0.05) is 0 Å². The van der Waals surface area contributed by atoms with Crippen molar-refractivity contribution in [3.63, 3.8) is 0 Å². The molecule has 1 N–H and O–H groups in total. The second-order valence-electron chi connectivity index (χ2n) is 4.11. The van der Waals surface area contributed by atoms with Gasteiger partial charge in [0.15, 0.2) is 5.78 Å². The van der Waals surface area contributed by atoms with Crippen LogP contribution in [0.25, 0.3) is 0 Å². The molecular weight excluding hydrogens is 242 g/mol. The number of anilines is 1. The van der Waals surface area contributed by atoms with Crippen LogP contribution in [0.15, 0.2) is 36.8 Å². The summed E-state index contributed by atoms with van der Waals surface area (Å²) in [5, 5.41) is 2.73. The highest BCUT2D eigenvalue weighted by Crippen LogP contribution is 2.12. The van der Waals surface area contributed by atoms with E-state index < -0.39 is 0 Å². The molecule has 0 spiro atoms. The lowest BCUT2D eigenvalue weighted by Crippen LogP contribution is -2.14. The molecule has 0 radical (unpaired) electrons. The van der Waals surface area contributed by atoms with Crippen molar-refractivity contribution in [1.29, 1.82) is 0 Å². The first-order valence-electron chi connectivity index (χ1n) is 5.77. The Bertz CT molecular complexity index is 621. The minimum atomic E-state index is -0.270. The molecule has 19 heavy (non-hydrogen) atoms. The summed E-state index contributed by atoms with van der Waals surface area (Å²) in [5.41, 5.74) is 2.28. The van der Waals surface area contributed by atoms with Crippen LogP contribution in [-0.2, 0) is 0 Å². The number of nitrogens with one attached hydrogen (secondary N) is 1. The monoisotopic (exact) mass is 255 g/mol. The minimum absolute atomic E-state index is 0.00909. The first-order valence-corrected chi connectivity index (χ1v) is 5.77. The molecule has 0 atom stereocenters. The van der Waals surface area contributed by atoms with E-state index in [0.29, 0.717) is 22.5 Å². The third-order valence-corrected chi connectivity index (χ3v) is 2.71. The van der Waals surface area contributed by atoms with Gasteiger partial charge in [-0.25, -0.2) is 9.97 Å². The molecule has 0 bridgehead atoms. The lowest BCUT2D eigenvalue weighted by atomic mass is 10.1. The Balaban J connectivity index is 2.15. The lowest BCUT2D eigenvalue weighted by Gasteiger charge is -2.06. The van der Waals surface area contributed by atoms with E-state index in [4.69, 9.17) is 0 Å². The van der Waals surface area contributed by atoms with Crippen LogP contribution >= 0.6 is 0 Å². The van der Waals surface area contributed by atoms with Gasteiger partial charge in [-0.2, -0.15) is 0 Å². The molecule has 0 saturated carbocycles. The van der Waals surface area contributed by atoms with Crippen molar-refractivity contribution in [2.45, 2.75) is 13.8 Å². The summed E-state index contributed by atoms with van der Waals surface area (Å²) in [6.45, 7) is 3.24. The molecule has 1 amide bonds. The Labute approximate surface area is 110 Å². The van der Waals surface area contributed by atoms with E-state index >= 15 is 0 Å². The maximum Gasteiger partial charge on any atom is 0.259 e. The number of Topliss-reactive ketones (excluding diaryl/α,β-unsaturated/α-hetero) is 1. The topological polar surface area (TPSA) is 72.0 Å². The smallest absolute Gasteiger partial charge is 0.259 e. The zero-order chi connectivity index (χ0) is 13.8. The van der Waals surface area contributed by atoms with Crippen molar-refractivity contribution < 1.29 is 9.59 Å². The summed E-state index contributed by atoms with van der Waals surface area (Å²) in [5.74, 6) is -0.279. The summed E-state index contributed by atoms with van der Waals surface area (Å²) in [6.07, 6.45) is 2.87. The van der Waals surface area contributed by atoms with Gasteiger partial charge in [0.05, 0.1) is 11.3 Å². The molecule has 0 aliphatic rings. The molecule has 1 aromatic carbocycles. The molecule has 5 nitrogen and oxygen atoms in total. The van der Waals surface area contributed by atoms with Crippen LogP contribution in [0.4, 0.5) is 5.69 Å². The fourth-order valence-electron chi connectivity index (χ4n) is 1.60. The predicted octanol–water partition coefficient (Wildman–Crippen LogP) is 2.24. The van der Waals surface area contributed by atoms with E-state index in [-0.39, 0.29) is 11.7 Å². The molecule has 0 aliphatic heterocycles. The number of hydrogen-bond donors (Lipinski definition) is 1. The van der Waals surface area contributed by atoms with E-state index in [1.54, 1.807) is 31.2 Å². The van der Waals surface area contributed by atoms with Crippen LogP contribution in [-0.4, -0.2) is 21.7 Å². The van der Waals surface area contributed by atoms with Gasteiger partial charge in [0, 0.05) is 17.4 Å². The number of rotatable bonds is 3. The van der Waals surface area contributed by atoms with Gasteiger partial charge in [-0.3, -0.25) is 9.59 Å². The number of benzene rings is 1. The molecule has 2 aromatic rings. The maximum atomic E-state index is 12.0. The third kappa shape index (κ3) is 3.01. The van der Waals surface area contributed by atoms with E-state index in [2.05, 4.69) is 15.3 Å². The number of aromatic nitrogens is 2. The summed E-state index contributed by atoms with van der Waals surface area (Å²) in [4.78, 5) is 30.9. The number of amides is 1. The van der Waals surface area contributed by atoms with E-state index in [9.17, 15) is 9.59 Å². The SMILES string of the molecule is CC(=O)c1ccc(NC(=O)c2cncnc2C)cc1. The number of ketones is 1. The predicted molar refractivity (Wildman–Crippen MR) is 71.2 cm³/mol. The molecule has 0 unspecified atom stereocenters. The van der Waals surface area contributed by atoms with Gasteiger partial charge in [0.2, 0.25) is 0 Å². The highest BCUT2D eigenvalue weighted by molar-refractivity contribution is 6.05. The quantitative estimate of drug-likeness (QED) is 0.854. The molecule has 0 aliphatic carbocycles. The van der Waals surface area contributed by atoms with Crippen molar-refractivity contribution >= 4 is 17.4 Å². The zero-order valence-corrected chi connectivity index (χ0v) is 10.7. The number of carbonyl (C=O) groups is 2. The van der Waals surface area contributed by atoms with Gasteiger partial charge in [0.25, 0.3) is 5.91 Å². The molecule has 5 heteroatoms. The number of hydrogen-bond acceptors (Lipinski definition) is 4. The summed E-state index contributed by atoms with van der Waals surface area (Å²) in [7, 11) is 0. The third-order valence-electron chi connectivity index (χ3n) is 2.71. The van der Waals surface area contributed by atoms with E-state index in [0.717, 1.165) is 0 Å². The van der Waals surface area contributed by atoms with Crippen molar-refractivity contribution in [3.05, 3.63) is 53.6 Å². The Kier molecular flexibility index (Phi) is 3.66. The fourth-order valence-corrected chi connectivity index (χ4v) is 1.60. The molecule has 1 aromatic heterocycles. The van der Waals surface area contributed by atoms with Crippen LogP contribution < -0.4 is 5.32 Å². The van der Waals surface area contributed by atoms with Crippen molar-refractivity contribution in [2.24, 2.45) is 0 Å². The number of aryl methyl sites for hydroxylation is 1. The van der Waals surface area contributed by atoms with Crippen LogP contribution in [0.3, 0.4) is 0 Å². The van der Waals surface area contributed by atoms with Crippen LogP contribution in [0.5, 0.6) is 0 Å². The van der Waals surface area contributed by atoms with Gasteiger partial charge in [-0.05, 0) is 38.1 Å². The highest BCUT2D eigenvalue weighted by Gasteiger charge is 2.10. The second kappa shape index (κ2) is 5.39. The van der Waals surface area contributed by atoms with Crippen LogP contribution in [0, 0.1) is 6.92 Å². The molecule has 96 valence electrons. The van der Waals surface area contributed by atoms with Gasteiger partial charge >= 0.3 is 0 Å². The molecule has 2 rings (SSSR count). The largest absolute Gasteiger partial charge is 0.322 e. The Morgan fingerprint density at radius 2 is 1.84 bits per heavy atom. The van der Waals surface area contributed by atoms with E-state index in [1.165, 1.54) is 19.4 Å². The molecule has 1 heterocycles. The minimum Gasteiger partial charge on any atom is -0.322 e. The van der Waals surface area contributed by atoms with Gasteiger partial charge in [-0.15, -0.1) is 0 Å². The number of nitrogens with zero attached hydrogens (tertiary/aromatic N) is 2. The Hall–Kier alpha value is -2.56. The normalized spacial score (nSPS) is 10.0. The summed E-state index contributed by atoms with van der Waals surface area (Å²) >= 11 is 0. The average molecular weight is 255 g/mol. The maximum absolute atomic E-state index is 12.0. The first kappa shape index (κ1) is 12.9. The molecule has 0 saturated heterocycles. The van der Waals surface area contributed by atoms with Crippen LogP contribution in [0.2, 0.25) is 0 Å². The standard InChI is InChI=1S/C14H13N3O2/c1-9-13(7-15-8-16-9)14(19)17-12-5-3-11(4-6-12)10(2)18/h3-8H,1-2H3,(H,17,19). The molecule has 0 fully saturated rings. The Morgan fingerprint density at radius 1 is 1.16 bits per heavy atom. The second-order valence-corrected chi connectivity index (χ2v) is 4.11. The van der Waals surface area contributed by atoms with Crippen molar-refractivity contribution in [1.82, 2.24) is 9.97 Å². The summed E-state index contributed by atoms with van der Waals surface area (Å²) in [6, 6.07) is 6.72. The lowest BCUT2D eigenvalue weighted by molar-refractivity contribution is 0.101. The zero-order valence-electron chi connectivity index (χ0n) is 10.7. The summed E-state index contributed by atoms with van der Waals surface area (Å²) < 4.78 is 0. The fraction of sp³-hybridized carbons (Fsp3) is 0.143. The molecular formula is C14H13N3O2. The Morgan fingerprint density at radius 3 is 2.42 bits per heavy atom. The van der Waals surface area contributed by atoms with E-state index in [1.807, 2.05) is 0 Å². The van der Waals surface area contributed by atoms with Gasteiger partial charge < -0.3 is 5.32 Å².